The molecule has 1 N–H and O–H groups in total. The Labute approximate surface area is 174 Å². The van der Waals surface area contributed by atoms with Gasteiger partial charge in [-0.25, -0.2) is 17.2 Å². The van der Waals surface area contributed by atoms with E-state index in [4.69, 9.17) is 4.74 Å². The normalized spacial score (nSPS) is 14.6. The van der Waals surface area contributed by atoms with E-state index in [9.17, 15) is 22.0 Å². The molecule has 0 unspecified atom stereocenters. The van der Waals surface area contributed by atoms with Gasteiger partial charge in [0.25, 0.3) is 0 Å². The summed E-state index contributed by atoms with van der Waals surface area (Å²) < 4.78 is 59.2. The first-order chi connectivity index (χ1) is 14.3. The topological polar surface area (TPSA) is 75.7 Å². The fourth-order valence-corrected chi connectivity index (χ4v) is 4.98. The molecular formula is C21H24F2N2O4S. The molecule has 162 valence electrons. The van der Waals surface area contributed by atoms with Crippen LogP contribution in [0.5, 0.6) is 5.75 Å². The molecule has 1 heterocycles. The van der Waals surface area contributed by atoms with Crippen molar-refractivity contribution in [3.8, 4) is 5.75 Å². The molecule has 1 amide bonds. The smallest absolute Gasteiger partial charge is 0.246 e. The molecule has 1 saturated heterocycles. The average Bonchev–Trinajstić information content (AvgIpc) is 3.26. The molecular weight excluding hydrogens is 414 g/mol. The molecule has 2 aromatic carbocycles. The third-order valence-corrected chi connectivity index (χ3v) is 6.75. The molecule has 1 fully saturated rings. The van der Waals surface area contributed by atoms with Crippen LogP contribution in [0.3, 0.4) is 0 Å². The van der Waals surface area contributed by atoms with Crippen molar-refractivity contribution in [1.29, 1.82) is 0 Å². The lowest BCUT2D eigenvalue weighted by Gasteiger charge is -2.19. The van der Waals surface area contributed by atoms with Crippen molar-refractivity contribution in [3.05, 3.63) is 53.6 Å². The number of aryl methyl sites for hydroxylation is 1. The minimum atomic E-state index is -3.73. The highest BCUT2D eigenvalue weighted by molar-refractivity contribution is 7.89. The van der Waals surface area contributed by atoms with Crippen LogP contribution in [-0.4, -0.2) is 38.3 Å². The molecule has 6 nitrogen and oxygen atoms in total. The molecule has 9 heteroatoms. The van der Waals surface area contributed by atoms with Crippen LogP contribution >= 0.6 is 0 Å². The standard InChI is InChI=1S/C21H24F2N2O4S/c1-2-29-19-9-7-16(14-20(19)30(27,28)25-11-3-4-12-25)24-21(26)10-6-15-5-8-17(22)18(23)13-15/h5,7-9,13-14H,2-4,6,10-12H2,1H3,(H,24,26). The number of amides is 1. The Bertz CT molecular complexity index is 1020. The van der Waals surface area contributed by atoms with Gasteiger partial charge in [-0.05, 0) is 62.1 Å². The minimum absolute atomic E-state index is 0.0182. The van der Waals surface area contributed by atoms with E-state index < -0.39 is 21.7 Å². The first-order valence-electron chi connectivity index (χ1n) is 9.82. The van der Waals surface area contributed by atoms with Crippen molar-refractivity contribution in [3.63, 3.8) is 0 Å². The number of ether oxygens (including phenoxy) is 1. The fraction of sp³-hybridized carbons (Fsp3) is 0.381. The number of benzene rings is 2. The monoisotopic (exact) mass is 438 g/mol. The number of nitrogens with one attached hydrogen (secondary N) is 1. The van der Waals surface area contributed by atoms with Crippen LogP contribution in [0.15, 0.2) is 41.3 Å². The number of rotatable bonds is 8. The Kier molecular flexibility index (Phi) is 7.04. The van der Waals surface area contributed by atoms with Gasteiger partial charge >= 0.3 is 0 Å². The predicted octanol–water partition coefficient (Wildman–Crippen LogP) is 3.72. The number of anilines is 1. The number of hydrogen-bond acceptors (Lipinski definition) is 4. The summed E-state index contributed by atoms with van der Waals surface area (Å²) in [5.74, 6) is -2.03. The number of halogens is 2. The number of nitrogens with zero attached hydrogens (tertiary/aromatic N) is 1. The summed E-state index contributed by atoms with van der Waals surface area (Å²) in [6.45, 7) is 2.99. The summed E-state index contributed by atoms with van der Waals surface area (Å²) in [7, 11) is -3.73. The van der Waals surface area contributed by atoms with Gasteiger partial charge in [0.1, 0.15) is 10.6 Å². The second-order valence-electron chi connectivity index (χ2n) is 7.00. The van der Waals surface area contributed by atoms with E-state index in [1.165, 1.54) is 22.5 Å². The second-order valence-corrected chi connectivity index (χ2v) is 8.91. The Morgan fingerprint density at radius 3 is 2.50 bits per heavy atom. The molecule has 0 aliphatic carbocycles. The van der Waals surface area contributed by atoms with Crippen molar-refractivity contribution < 1.29 is 26.7 Å². The van der Waals surface area contributed by atoms with E-state index in [0.717, 1.165) is 25.0 Å². The van der Waals surface area contributed by atoms with Crippen LogP contribution in [0.1, 0.15) is 31.7 Å². The zero-order valence-electron chi connectivity index (χ0n) is 16.7. The molecule has 0 spiro atoms. The molecule has 0 atom stereocenters. The van der Waals surface area contributed by atoms with Gasteiger partial charge in [-0.3, -0.25) is 4.79 Å². The van der Waals surface area contributed by atoms with Gasteiger partial charge in [-0.2, -0.15) is 4.31 Å². The van der Waals surface area contributed by atoms with Crippen LogP contribution in [0.25, 0.3) is 0 Å². The van der Waals surface area contributed by atoms with Crippen molar-refractivity contribution in [1.82, 2.24) is 4.31 Å². The number of carbonyl (C=O) groups is 1. The lowest BCUT2D eigenvalue weighted by molar-refractivity contribution is -0.116. The lowest BCUT2D eigenvalue weighted by atomic mass is 10.1. The van der Waals surface area contributed by atoms with E-state index in [-0.39, 0.29) is 29.4 Å². The molecule has 3 rings (SSSR count). The third-order valence-electron chi connectivity index (χ3n) is 4.83. The van der Waals surface area contributed by atoms with Crippen molar-refractivity contribution >= 4 is 21.6 Å². The summed E-state index contributed by atoms with van der Waals surface area (Å²) in [5, 5.41) is 2.67. The Balaban J connectivity index is 1.74. The van der Waals surface area contributed by atoms with Gasteiger partial charge in [-0.1, -0.05) is 6.07 Å². The number of hydrogen-bond donors (Lipinski definition) is 1. The van der Waals surface area contributed by atoms with Crippen molar-refractivity contribution in [2.24, 2.45) is 0 Å². The zero-order chi connectivity index (χ0) is 21.7. The molecule has 0 radical (unpaired) electrons. The predicted molar refractivity (Wildman–Crippen MR) is 109 cm³/mol. The van der Waals surface area contributed by atoms with Crippen molar-refractivity contribution in [2.45, 2.75) is 37.5 Å². The average molecular weight is 438 g/mol. The molecule has 30 heavy (non-hydrogen) atoms. The van der Waals surface area contributed by atoms with Crippen LogP contribution in [-0.2, 0) is 21.2 Å². The highest BCUT2D eigenvalue weighted by Gasteiger charge is 2.30. The molecule has 1 aliphatic heterocycles. The van der Waals surface area contributed by atoms with E-state index in [2.05, 4.69) is 5.32 Å². The quantitative estimate of drug-likeness (QED) is 0.682. The largest absolute Gasteiger partial charge is 0.492 e. The van der Waals surface area contributed by atoms with E-state index >= 15 is 0 Å². The fourth-order valence-electron chi connectivity index (χ4n) is 3.31. The van der Waals surface area contributed by atoms with E-state index in [1.807, 2.05) is 0 Å². The van der Waals surface area contributed by atoms with Gasteiger partial charge in [0.2, 0.25) is 15.9 Å². The summed E-state index contributed by atoms with van der Waals surface area (Å²) in [6.07, 6.45) is 1.87. The highest BCUT2D eigenvalue weighted by Crippen LogP contribution is 2.31. The van der Waals surface area contributed by atoms with Gasteiger partial charge in [0, 0.05) is 25.2 Å². The Morgan fingerprint density at radius 1 is 1.10 bits per heavy atom. The number of carbonyl (C=O) groups excluding carboxylic acids is 1. The highest BCUT2D eigenvalue weighted by atomic mass is 32.2. The number of sulfonamides is 1. The first-order valence-corrected chi connectivity index (χ1v) is 11.3. The lowest BCUT2D eigenvalue weighted by Crippen LogP contribution is -2.28. The minimum Gasteiger partial charge on any atom is -0.492 e. The van der Waals surface area contributed by atoms with Gasteiger partial charge in [-0.15, -0.1) is 0 Å². The van der Waals surface area contributed by atoms with Gasteiger partial charge < -0.3 is 10.1 Å². The summed E-state index contributed by atoms with van der Waals surface area (Å²) in [4.78, 5) is 12.3. The first kappa shape index (κ1) is 22.2. The van der Waals surface area contributed by atoms with Crippen LogP contribution in [0, 0.1) is 11.6 Å². The van der Waals surface area contributed by atoms with E-state index in [1.54, 1.807) is 13.0 Å². The van der Waals surface area contributed by atoms with Crippen LogP contribution in [0.4, 0.5) is 14.5 Å². The summed E-state index contributed by atoms with van der Waals surface area (Å²) >= 11 is 0. The molecule has 0 aromatic heterocycles. The van der Waals surface area contributed by atoms with E-state index in [0.29, 0.717) is 30.9 Å². The molecule has 1 aliphatic rings. The Morgan fingerprint density at radius 2 is 1.83 bits per heavy atom. The van der Waals surface area contributed by atoms with Gasteiger partial charge in [0.15, 0.2) is 11.6 Å². The maximum Gasteiger partial charge on any atom is 0.246 e. The Hall–Kier alpha value is -2.52. The molecule has 2 aromatic rings. The summed E-state index contributed by atoms with van der Waals surface area (Å²) in [6, 6.07) is 7.99. The van der Waals surface area contributed by atoms with Gasteiger partial charge in [0.05, 0.1) is 6.61 Å². The maximum atomic E-state index is 13.3. The second kappa shape index (κ2) is 9.53. The van der Waals surface area contributed by atoms with Crippen molar-refractivity contribution in [2.75, 3.05) is 25.0 Å². The SMILES string of the molecule is CCOc1ccc(NC(=O)CCc2ccc(F)c(F)c2)cc1S(=O)(=O)N1CCCC1. The summed E-state index contributed by atoms with van der Waals surface area (Å²) in [5.41, 5.74) is 0.819. The molecule has 0 bridgehead atoms. The zero-order valence-corrected chi connectivity index (χ0v) is 17.5. The van der Waals surface area contributed by atoms with Crippen LogP contribution < -0.4 is 10.1 Å². The maximum absolute atomic E-state index is 13.3. The molecule has 0 saturated carbocycles. The van der Waals surface area contributed by atoms with Crippen LogP contribution in [0.2, 0.25) is 0 Å². The third kappa shape index (κ3) is 5.14.